The molecule has 3 aliphatic rings. The van der Waals surface area contributed by atoms with Crippen LogP contribution in [0.15, 0.2) is 30.5 Å². The van der Waals surface area contributed by atoms with Crippen LogP contribution in [0, 0.1) is 35.3 Å². The molecule has 0 aliphatic carbocycles. The molecule has 0 amide bonds. The van der Waals surface area contributed by atoms with Gasteiger partial charge in [-0.15, -0.1) is 6.42 Å². The molecule has 3 fully saturated rings. The SMILES string of the molecule is C#Cc1c(F)ccc2cc(O)cc(-c3c(F)c4nc(OC[C@]5(C)CN(C)CC[C@@H]5C(F)F)nc(N5CC6CCC(C5)N6)c4c4cn(C)nc34)c12. The molecule has 9 nitrogen and oxygen atoms in total. The fourth-order valence-electron chi connectivity index (χ4n) is 8.52. The number of aromatic nitrogens is 4. The van der Waals surface area contributed by atoms with Gasteiger partial charge in [-0.25, -0.2) is 17.6 Å². The number of terminal acetylenes is 1. The molecule has 0 radical (unpaired) electrons. The maximum absolute atomic E-state index is 17.5. The summed E-state index contributed by atoms with van der Waals surface area (Å²) < 4.78 is 68.9. The highest BCUT2D eigenvalue weighted by molar-refractivity contribution is 6.18. The quantitative estimate of drug-likeness (QED) is 0.170. The van der Waals surface area contributed by atoms with E-state index in [1.54, 1.807) is 24.9 Å². The number of aryl methyl sites for hydroxylation is 1. The van der Waals surface area contributed by atoms with Crippen molar-refractivity contribution in [3.8, 4) is 35.2 Å². The molecule has 260 valence electrons. The van der Waals surface area contributed by atoms with Gasteiger partial charge in [0.25, 0.3) is 0 Å². The van der Waals surface area contributed by atoms with Crippen LogP contribution in [0.25, 0.3) is 43.7 Å². The zero-order valence-corrected chi connectivity index (χ0v) is 28.0. The van der Waals surface area contributed by atoms with Crippen molar-refractivity contribution in [2.24, 2.45) is 18.4 Å². The van der Waals surface area contributed by atoms with Crippen LogP contribution in [0.4, 0.5) is 23.4 Å². The standard InChI is InChI=1S/C37H37F4N7O2/c1-5-23-27(38)9-6-19-12-22(49)13-24(28(19)23)29-31(39)33-30(25-16-47(4)45-32(25)29)35(48-14-20-7-8-21(15-48)42-20)44-36(43-33)50-18-37(2)17-46(3)11-10-26(37)34(40)41/h1,6,9,12-13,16,20-21,26,34,42,49H,7-8,10-11,14-15,17-18H2,2-4H3/t20?,21?,26-,37+/m1/s1. The minimum Gasteiger partial charge on any atom is -0.508 e. The molecule has 5 heterocycles. The number of ether oxygens (including phenoxy) is 1. The lowest BCUT2D eigenvalue weighted by Crippen LogP contribution is -2.51. The molecule has 0 saturated carbocycles. The molecule has 4 atom stereocenters. The third-order valence-corrected chi connectivity index (χ3v) is 10.8. The van der Waals surface area contributed by atoms with Gasteiger partial charge < -0.3 is 25.0 Å². The van der Waals surface area contributed by atoms with Crippen LogP contribution in [0.3, 0.4) is 0 Å². The Hall–Kier alpha value is -4.67. The molecule has 2 unspecified atom stereocenters. The molecule has 13 heteroatoms. The Morgan fingerprint density at radius 1 is 1.08 bits per heavy atom. The maximum Gasteiger partial charge on any atom is 0.319 e. The van der Waals surface area contributed by atoms with Gasteiger partial charge in [-0.05, 0) is 62.0 Å². The third kappa shape index (κ3) is 5.27. The fourth-order valence-corrected chi connectivity index (χ4v) is 8.52. The van der Waals surface area contributed by atoms with E-state index in [-0.39, 0.29) is 63.6 Å². The monoisotopic (exact) mass is 687 g/mol. The number of benzene rings is 3. The number of halogens is 4. The molecule has 50 heavy (non-hydrogen) atoms. The Labute approximate surface area is 286 Å². The van der Waals surface area contributed by atoms with E-state index in [1.807, 2.05) is 11.9 Å². The van der Waals surface area contributed by atoms with Crippen molar-refractivity contribution in [1.29, 1.82) is 0 Å². The van der Waals surface area contributed by atoms with Crippen LogP contribution in [0.5, 0.6) is 11.8 Å². The summed E-state index contributed by atoms with van der Waals surface area (Å²) in [5, 5.41) is 20.7. The molecular formula is C37H37F4N7O2. The van der Waals surface area contributed by atoms with E-state index < -0.39 is 29.4 Å². The highest BCUT2D eigenvalue weighted by Gasteiger charge is 2.45. The topological polar surface area (TPSA) is 91.6 Å². The van der Waals surface area contributed by atoms with Crippen LogP contribution in [0.2, 0.25) is 0 Å². The molecule has 0 spiro atoms. The number of nitrogens with zero attached hydrogens (tertiary/aromatic N) is 6. The van der Waals surface area contributed by atoms with Crippen molar-refractivity contribution in [3.63, 3.8) is 0 Å². The fraction of sp³-hybridized carbons (Fsp3) is 0.432. The van der Waals surface area contributed by atoms with Crippen LogP contribution >= 0.6 is 0 Å². The van der Waals surface area contributed by atoms with E-state index >= 15 is 8.78 Å². The van der Waals surface area contributed by atoms with Crippen LogP contribution in [-0.4, -0.2) is 88.1 Å². The number of rotatable bonds is 6. The molecule has 3 aliphatic heterocycles. The van der Waals surface area contributed by atoms with E-state index in [4.69, 9.17) is 16.1 Å². The zero-order valence-electron chi connectivity index (χ0n) is 28.0. The van der Waals surface area contributed by atoms with Crippen LogP contribution in [-0.2, 0) is 7.05 Å². The molecule has 2 aromatic heterocycles. The van der Waals surface area contributed by atoms with E-state index in [2.05, 4.69) is 26.2 Å². The molecule has 3 aromatic carbocycles. The average molecular weight is 688 g/mol. The maximum atomic E-state index is 17.5. The lowest BCUT2D eigenvalue weighted by atomic mass is 9.73. The van der Waals surface area contributed by atoms with Crippen LogP contribution < -0.4 is 15.0 Å². The van der Waals surface area contributed by atoms with Crippen molar-refractivity contribution in [3.05, 3.63) is 47.7 Å². The predicted molar refractivity (Wildman–Crippen MR) is 184 cm³/mol. The molecule has 2 N–H and O–H groups in total. The highest BCUT2D eigenvalue weighted by Crippen LogP contribution is 2.46. The van der Waals surface area contributed by atoms with Crippen molar-refractivity contribution < 1.29 is 27.4 Å². The first-order valence-corrected chi connectivity index (χ1v) is 16.8. The number of aromatic hydroxyl groups is 1. The summed E-state index contributed by atoms with van der Waals surface area (Å²) in [7, 11) is 3.60. The Morgan fingerprint density at radius 3 is 2.56 bits per heavy atom. The number of piperidine rings is 1. The lowest BCUT2D eigenvalue weighted by molar-refractivity contribution is -0.0679. The van der Waals surface area contributed by atoms with Crippen molar-refractivity contribution in [2.45, 2.75) is 44.7 Å². The number of hydrogen-bond donors (Lipinski definition) is 2. The smallest absolute Gasteiger partial charge is 0.319 e. The molecule has 5 aromatic rings. The van der Waals surface area contributed by atoms with Gasteiger partial charge in [-0.3, -0.25) is 4.68 Å². The molecular weight excluding hydrogens is 650 g/mol. The summed E-state index contributed by atoms with van der Waals surface area (Å²) in [6.07, 6.45) is 7.30. The van der Waals surface area contributed by atoms with Gasteiger partial charge >= 0.3 is 6.01 Å². The number of piperazine rings is 1. The Balaban J connectivity index is 1.37. The number of hydrogen-bond acceptors (Lipinski definition) is 8. The largest absolute Gasteiger partial charge is 0.508 e. The summed E-state index contributed by atoms with van der Waals surface area (Å²) >= 11 is 0. The second-order valence-electron chi connectivity index (χ2n) is 14.4. The highest BCUT2D eigenvalue weighted by atomic mass is 19.3. The Morgan fingerprint density at radius 2 is 1.84 bits per heavy atom. The van der Waals surface area contributed by atoms with Gasteiger partial charge in [0.2, 0.25) is 6.43 Å². The van der Waals surface area contributed by atoms with Gasteiger partial charge in [0.05, 0.1) is 17.6 Å². The number of alkyl halides is 2. The summed E-state index contributed by atoms with van der Waals surface area (Å²) in [5.41, 5.74) is -0.685. The Bertz CT molecular complexity index is 2210. The minimum absolute atomic E-state index is 0.0225. The van der Waals surface area contributed by atoms with Gasteiger partial charge in [0.15, 0.2) is 5.82 Å². The van der Waals surface area contributed by atoms with Crippen molar-refractivity contribution in [2.75, 3.05) is 44.7 Å². The van der Waals surface area contributed by atoms with Crippen LogP contribution in [0.1, 0.15) is 31.7 Å². The molecule has 8 rings (SSSR count). The summed E-state index contributed by atoms with van der Waals surface area (Å²) in [5.74, 6) is 0.337. The van der Waals surface area contributed by atoms with Gasteiger partial charge in [-0.1, -0.05) is 18.9 Å². The first kappa shape index (κ1) is 32.5. The summed E-state index contributed by atoms with van der Waals surface area (Å²) in [6.45, 7) is 3.85. The number of fused-ring (bicyclic) bond motifs is 6. The molecule has 3 saturated heterocycles. The first-order chi connectivity index (χ1) is 23.9. The number of nitrogens with one attached hydrogen (secondary N) is 1. The number of phenolic OH excluding ortho intramolecular Hbond substituents is 1. The number of phenols is 1. The molecule has 2 bridgehead atoms. The van der Waals surface area contributed by atoms with Gasteiger partial charge in [0.1, 0.15) is 28.4 Å². The summed E-state index contributed by atoms with van der Waals surface area (Å²) in [4.78, 5) is 13.6. The zero-order chi connectivity index (χ0) is 35.1. The van der Waals surface area contributed by atoms with Gasteiger partial charge in [-0.2, -0.15) is 15.1 Å². The minimum atomic E-state index is -2.53. The summed E-state index contributed by atoms with van der Waals surface area (Å²) in [6, 6.07) is 5.77. The second kappa shape index (κ2) is 12.0. The number of likely N-dealkylation sites (tertiary alicyclic amines) is 1. The van der Waals surface area contributed by atoms with E-state index in [0.29, 0.717) is 54.6 Å². The number of anilines is 1. The first-order valence-electron chi connectivity index (χ1n) is 16.8. The van der Waals surface area contributed by atoms with Crippen molar-refractivity contribution >= 4 is 38.4 Å². The third-order valence-electron chi connectivity index (χ3n) is 10.8. The normalized spacial score (nSPS) is 24.1. The predicted octanol–water partition coefficient (Wildman–Crippen LogP) is 5.84. The lowest BCUT2D eigenvalue weighted by Gasteiger charge is -2.44. The van der Waals surface area contributed by atoms with E-state index in [1.165, 1.54) is 24.3 Å². The van der Waals surface area contributed by atoms with Gasteiger partial charge in [0, 0.05) is 72.6 Å². The van der Waals surface area contributed by atoms with E-state index in [0.717, 1.165) is 12.8 Å². The average Bonchev–Trinajstić information content (AvgIpc) is 3.63. The second-order valence-corrected chi connectivity index (χ2v) is 14.4. The Kier molecular flexibility index (Phi) is 7.80. The van der Waals surface area contributed by atoms with E-state index in [9.17, 15) is 13.9 Å². The van der Waals surface area contributed by atoms with Crippen molar-refractivity contribution in [1.82, 2.24) is 30.0 Å².